The number of carboxylic acid groups (broad SMARTS) is 1. The molecule has 0 unspecified atom stereocenters. The van der Waals surface area contributed by atoms with Crippen molar-refractivity contribution in [2.45, 2.75) is 20.3 Å². The van der Waals surface area contributed by atoms with Gasteiger partial charge in [0.05, 0.1) is 6.42 Å². The van der Waals surface area contributed by atoms with Gasteiger partial charge in [-0.3, -0.25) is 4.79 Å². The molecule has 0 aliphatic heterocycles. The Morgan fingerprint density at radius 2 is 2.00 bits per heavy atom. The van der Waals surface area contributed by atoms with Crippen LogP contribution in [0.1, 0.15) is 16.7 Å². The molecule has 0 radical (unpaired) electrons. The molecule has 0 aliphatic rings. The molecular formula is C10H11ClO3. The summed E-state index contributed by atoms with van der Waals surface area (Å²) in [6.07, 6.45) is -0.216. The van der Waals surface area contributed by atoms with E-state index in [-0.39, 0.29) is 12.2 Å². The first-order valence-electron chi connectivity index (χ1n) is 4.12. The second-order valence-electron chi connectivity index (χ2n) is 3.19. The predicted molar refractivity (Wildman–Crippen MR) is 53.9 cm³/mol. The standard InChI is InChI=1S/C10H11ClO3/c1-5-6(2)10(14)7(3-8(5)11)4-9(12)13/h3,14H,4H2,1-2H3,(H,12,13). The molecule has 0 saturated carbocycles. The van der Waals surface area contributed by atoms with E-state index < -0.39 is 5.97 Å². The van der Waals surface area contributed by atoms with Crippen LogP contribution in [0.3, 0.4) is 0 Å². The van der Waals surface area contributed by atoms with E-state index in [0.29, 0.717) is 16.1 Å². The Labute approximate surface area is 86.9 Å². The van der Waals surface area contributed by atoms with Crippen LogP contribution in [-0.4, -0.2) is 16.2 Å². The zero-order valence-corrected chi connectivity index (χ0v) is 8.72. The molecule has 0 heterocycles. The molecule has 1 aromatic rings. The molecule has 0 aliphatic carbocycles. The summed E-state index contributed by atoms with van der Waals surface area (Å²) in [6.45, 7) is 3.49. The number of aliphatic carboxylic acids is 1. The topological polar surface area (TPSA) is 57.5 Å². The quantitative estimate of drug-likeness (QED) is 0.794. The molecule has 0 bridgehead atoms. The van der Waals surface area contributed by atoms with E-state index in [1.807, 2.05) is 0 Å². The normalized spacial score (nSPS) is 10.2. The van der Waals surface area contributed by atoms with Gasteiger partial charge >= 0.3 is 5.97 Å². The number of rotatable bonds is 2. The minimum Gasteiger partial charge on any atom is -0.507 e. The lowest BCUT2D eigenvalue weighted by atomic mass is 10.0. The van der Waals surface area contributed by atoms with E-state index in [4.69, 9.17) is 16.7 Å². The maximum atomic E-state index is 10.5. The zero-order valence-electron chi connectivity index (χ0n) is 7.97. The largest absolute Gasteiger partial charge is 0.507 e. The first-order valence-corrected chi connectivity index (χ1v) is 4.50. The van der Waals surface area contributed by atoms with Crippen molar-refractivity contribution in [2.24, 2.45) is 0 Å². The molecule has 14 heavy (non-hydrogen) atoms. The molecule has 0 fully saturated rings. The maximum Gasteiger partial charge on any atom is 0.307 e. The fourth-order valence-corrected chi connectivity index (χ4v) is 1.50. The van der Waals surface area contributed by atoms with Gasteiger partial charge in [-0.05, 0) is 31.0 Å². The number of halogens is 1. The molecule has 1 aromatic carbocycles. The Morgan fingerprint density at radius 3 is 2.50 bits per heavy atom. The average molecular weight is 215 g/mol. The molecule has 3 nitrogen and oxygen atoms in total. The van der Waals surface area contributed by atoms with Gasteiger partial charge in [0.15, 0.2) is 0 Å². The minimum absolute atomic E-state index is 0.0225. The van der Waals surface area contributed by atoms with Gasteiger partial charge in [-0.25, -0.2) is 0 Å². The smallest absolute Gasteiger partial charge is 0.307 e. The van der Waals surface area contributed by atoms with E-state index in [1.54, 1.807) is 13.8 Å². The first-order chi connectivity index (χ1) is 6.43. The number of carbonyl (C=O) groups is 1. The van der Waals surface area contributed by atoms with Crippen LogP contribution in [0.25, 0.3) is 0 Å². The third-order valence-corrected chi connectivity index (χ3v) is 2.62. The molecule has 2 N–H and O–H groups in total. The van der Waals surface area contributed by atoms with Crippen LogP contribution in [0.5, 0.6) is 5.75 Å². The number of aromatic hydroxyl groups is 1. The van der Waals surface area contributed by atoms with E-state index in [2.05, 4.69) is 0 Å². The minimum atomic E-state index is -0.986. The second-order valence-corrected chi connectivity index (χ2v) is 3.59. The SMILES string of the molecule is Cc1c(Cl)cc(CC(=O)O)c(O)c1C. The van der Waals surface area contributed by atoms with Crippen molar-refractivity contribution in [1.82, 2.24) is 0 Å². The van der Waals surface area contributed by atoms with Gasteiger partial charge < -0.3 is 10.2 Å². The highest BCUT2D eigenvalue weighted by molar-refractivity contribution is 6.31. The average Bonchev–Trinajstić information content (AvgIpc) is 2.10. The van der Waals surface area contributed by atoms with Crippen molar-refractivity contribution >= 4 is 17.6 Å². The number of phenols is 1. The highest BCUT2D eigenvalue weighted by Crippen LogP contribution is 2.30. The van der Waals surface area contributed by atoms with Crippen molar-refractivity contribution < 1.29 is 15.0 Å². The molecule has 0 saturated heterocycles. The lowest BCUT2D eigenvalue weighted by Crippen LogP contribution is -2.01. The van der Waals surface area contributed by atoms with Crippen LogP contribution in [0.15, 0.2) is 6.07 Å². The summed E-state index contributed by atoms with van der Waals surface area (Å²) in [6, 6.07) is 1.49. The fourth-order valence-electron chi connectivity index (χ4n) is 1.22. The highest BCUT2D eigenvalue weighted by Gasteiger charge is 2.12. The zero-order chi connectivity index (χ0) is 10.9. The third-order valence-electron chi connectivity index (χ3n) is 2.22. The third kappa shape index (κ3) is 1.99. The number of phenolic OH excluding ortho intramolecular Hbond substituents is 1. The Bertz CT molecular complexity index is 385. The van der Waals surface area contributed by atoms with Crippen molar-refractivity contribution in [3.8, 4) is 5.75 Å². The van der Waals surface area contributed by atoms with Gasteiger partial charge in [0, 0.05) is 10.6 Å². The highest BCUT2D eigenvalue weighted by atomic mass is 35.5. The van der Waals surface area contributed by atoms with Gasteiger partial charge in [-0.1, -0.05) is 11.6 Å². The molecule has 0 aromatic heterocycles. The summed E-state index contributed by atoms with van der Waals surface area (Å²) in [5.74, 6) is -0.964. The van der Waals surface area contributed by atoms with Crippen LogP contribution < -0.4 is 0 Å². The van der Waals surface area contributed by atoms with Gasteiger partial charge in [0.1, 0.15) is 5.75 Å². The molecule has 76 valence electrons. The summed E-state index contributed by atoms with van der Waals surface area (Å²) >= 11 is 5.87. The van der Waals surface area contributed by atoms with E-state index in [0.717, 1.165) is 5.56 Å². The summed E-state index contributed by atoms with van der Waals surface area (Å²) in [7, 11) is 0. The van der Waals surface area contributed by atoms with Gasteiger partial charge in [-0.15, -0.1) is 0 Å². The number of hydrogen-bond donors (Lipinski definition) is 2. The predicted octanol–water partition coefficient (Wildman–Crippen LogP) is 2.29. The van der Waals surface area contributed by atoms with Gasteiger partial charge in [-0.2, -0.15) is 0 Å². The summed E-state index contributed by atoms with van der Waals surface area (Å²) in [4.78, 5) is 10.5. The monoisotopic (exact) mass is 214 g/mol. The lowest BCUT2D eigenvalue weighted by molar-refractivity contribution is -0.136. The van der Waals surface area contributed by atoms with Crippen molar-refractivity contribution in [3.05, 3.63) is 27.8 Å². The number of carboxylic acids is 1. The molecular weight excluding hydrogens is 204 g/mol. The maximum absolute atomic E-state index is 10.5. The summed E-state index contributed by atoms with van der Waals surface area (Å²) in [5, 5.41) is 18.7. The Morgan fingerprint density at radius 1 is 1.43 bits per heavy atom. The van der Waals surface area contributed by atoms with Gasteiger partial charge in [0.25, 0.3) is 0 Å². The van der Waals surface area contributed by atoms with Crippen LogP contribution in [-0.2, 0) is 11.2 Å². The van der Waals surface area contributed by atoms with Crippen LogP contribution in [0.2, 0.25) is 5.02 Å². The Kier molecular flexibility index (Phi) is 3.01. The second kappa shape index (κ2) is 3.88. The van der Waals surface area contributed by atoms with E-state index in [9.17, 15) is 9.90 Å². The molecule has 4 heteroatoms. The van der Waals surface area contributed by atoms with E-state index >= 15 is 0 Å². The molecule has 0 amide bonds. The first kappa shape index (κ1) is 10.9. The number of benzene rings is 1. The van der Waals surface area contributed by atoms with E-state index in [1.165, 1.54) is 6.07 Å². The Balaban J connectivity index is 3.25. The van der Waals surface area contributed by atoms with Gasteiger partial charge in [0.2, 0.25) is 0 Å². The van der Waals surface area contributed by atoms with Crippen molar-refractivity contribution in [1.29, 1.82) is 0 Å². The fraction of sp³-hybridized carbons (Fsp3) is 0.300. The van der Waals surface area contributed by atoms with Crippen molar-refractivity contribution in [3.63, 3.8) is 0 Å². The van der Waals surface area contributed by atoms with Crippen molar-refractivity contribution in [2.75, 3.05) is 0 Å². The molecule has 0 atom stereocenters. The summed E-state index contributed by atoms with van der Waals surface area (Å²) < 4.78 is 0. The van der Waals surface area contributed by atoms with Crippen LogP contribution in [0.4, 0.5) is 0 Å². The Hall–Kier alpha value is -1.22. The van der Waals surface area contributed by atoms with Crippen LogP contribution >= 0.6 is 11.6 Å². The van der Waals surface area contributed by atoms with Crippen LogP contribution in [0, 0.1) is 13.8 Å². The number of hydrogen-bond acceptors (Lipinski definition) is 2. The molecule has 0 spiro atoms. The molecule has 1 rings (SSSR count). The summed E-state index contributed by atoms with van der Waals surface area (Å²) in [5.41, 5.74) is 1.76. The lowest BCUT2D eigenvalue weighted by Gasteiger charge is -2.09.